The van der Waals surface area contributed by atoms with E-state index in [1.165, 1.54) is 0 Å². The van der Waals surface area contributed by atoms with Gasteiger partial charge >= 0.3 is 5.69 Å². The predicted molar refractivity (Wildman–Crippen MR) is 114 cm³/mol. The molecular weight excluding hydrogens is 378 g/mol. The number of nitrogens with zero attached hydrogens (tertiary/aromatic N) is 6. The third-order valence-corrected chi connectivity index (χ3v) is 5.60. The maximum absolute atomic E-state index is 12.8. The molecule has 0 fully saturated rings. The molecular formula is C22H23N7O. The molecule has 5 rings (SSSR count). The summed E-state index contributed by atoms with van der Waals surface area (Å²) >= 11 is 0. The second-order valence-corrected chi connectivity index (χ2v) is 7.53. The lowest BCUT2D eigenvalue weighted by Gasteiger charge is -2.25. The van der Waals surface area contributed by atoms with Crippen molar-refractivity contribution in [1.29, 1.82) is 0 Å². The molecule has 30 heavy (non-hydrogen) atoms. The van der Waals surface area contributed by atoms with Crippen molar-refractivity contribution in [3.05, 3.63) is 76.6 Å². The molecule has 1 N–H and O–H groups in total. The zero-order chi connectivity index (χ0) is 20.5. The highest BCUT2D eigenvalue weighted by atomic mass is 16.1. The van der Waals surface area contributed by atoms with Crippen LogP contribution in [0.5, 0.6) is 0 Å². The van der Waals surface area contributed by atoms with E-state index in [4.69, 9.17) is 4.98 Å². The molecule has 1 atom stereocenters. The molecule has 1 aliphatic rings. The summed E-state index contributed by atoms with van der Waals surface area (Å²) in [6.45, 7) is 2.01. The number of hydrogen-bond acceptors (Lipinski definition) is 5. The van der Waals surface area contributed by atoms with Gasteiger partial charge in [-0.15, -0.1) is 0 Å². The Bertz CT molecular complexity index is 1280. The molecule has 0 saturated carbocycles. The third kappa shape index (κ3) is 3.24. The number of fused-ring (bicyclic) bond motifs is 2. The summed E-state index contributed by atoms with van der Waals surface area (Å²) in [4.78, 5) is 33.9. The standard InChI is InChI=1S/C22H23N7O/c1-2-3-4-7-15-13-28(14-25-15)21-24-12-18-20(27-21)29(22(30)26-18)19-10-5-9-17-16(19)8-6-11-23-17/h2-3,6,8,11-14,19H,4-5,7,9-10H2,1H3,(H,26,30)/b3-2-/t19-/m1/s1. The lowest BCUT2D eigenvalue weighted by molar-refractivity contribution is 0.481. The van der Waals surface area contributed by atoms with Gasteiger partial charge in [0.2, 0.25) is 5.95 Å². The van der Waals surface area contributed by atoms with Crippen LogP contribution in [-0.2, 0) is 12.8 Å². The van der Waals surface area contributed by atoms with Gasteiger partial charge in [0.25, 0.3) is 0 Å². The number of rotatable bonds is 5. The van der Waals surface area contributed by atoms with E-state index in [9.17, 15) is 4.79 Å². The van der Waals surface area contributed by atoms with E-state index in [1.54, 1.807) is 17.1 Å². The Kier molecular flexibility index (Phi) is 4.74. The lowest BCUT2D eigenvalue weighted by Crippen LogP contribution is -2.27. The van der Waals surface area contributed by atoms with Gasteiger partial charge in [-0.2, -0.15) is 4.98 Å². The van der Waals surface area contributed by atoms with Crippen LogP contribution >= 0.6 is 0 Å². The van der Waals surface area contributed by atoms with E-state index in [0.29, 0.717) is 17.1 Å². The van der Waals surface area contributed by atoms with E-state index in [0.717, 1.165) is 49.1 Å². The molecule has 152 valence electrons. The minimum absolute atomic E-state index is 0.0781. The molecule has 0 aromatic carbocycles. The summed E-state index contributed by atoms with van der Waals surface area (Å²) in [5.74, 6) is 0.502. The van der Waals surface area contributed by atoms with Gasteiger partial charge in [0.1, 0.15) is 11.8 Å². The van der Waals surface area contributed by atoms with Gasteiger partial charge in [-0.25, -0.2) is 14.8 Å². The highest BCUT2D eigenvalue weighted by Crippen LogP contribution is 2.32. The van der Waals surface area contributed by atoms with Gasteiger partial charge < -0.3 is 4.98 Å². The number of aromatic nitrogens is 7. The molecule has 4 heterocycles. The highest BCUT2D eigenvalue weighted by molar-refractivity contribution is 5.70. The second kappa shape index (κ2) is 7.70. The largest absolute Gasteiger partial charge is 0.328 e. The summed E-state index contributed by atoms with van der Waals surface area (Å²) in [7, 11) is 0. The quantitative estimate of drug-likeness (QED) is 0.519. The van der Waals surface area contributed by atoms with Crippen molar-refractivity contribution in [2.75, 3.05) is 0 Å². The van der Waals surface area contributed by atoms with Crippen molar-refractivity contribution in [2.24, 2.45) is 0 Å². The number of pyridine rings is 1. The molecule has 8 heteroatoms. The molecule has 0 bridgehead atoms. The van der Waals surface area contributed by atoms with Gasteiger partial charge in [-0.1, -0.05) is 18.2 Å². The van der Waals surface area contributed by atoms with Crippen molar-refractivity contribution >= 4 is 11.2 Å². The molecule has 0 saturated heterocycles. The van der Waals surface area contributed by atoms with Gasteiger partial charge in [0.15, 0.2) is 5.65 Å². The summed E-state index contributed by atoms with van der Waals surface area (Å²) in [5, 5.41) is 0. The molecule has 0 amide bonds. The maximum Gasteiger partial charge on any atom is 0.328 e. The van der Waals surface area contributed by atoms with Crippen LogP contribution in [0.4, 0.5) is 0 Å². The SMILES string of the molecule is C/C=C\CCc1cn(-c2ncc3[nH]c(=O)n([C@@H]4CCCc5ncccc54)c3n2)cn1. The fourth-order valence-electron chi connectivity index (χ4n) is 4.17. The molecule has 0 spiro atoms. The minimum atomic E-state index is -0.171. The third-order valence-electron chi connectivity index (χ3n) is 5.60. The summed E-state index contributed by atoms with van der Waals surface area (Å²) in [6, 6.07) is 3.91. The van der Waals surface area contributed by atoms with Gasteiger partial charge in [-0.3, -0.25) is 14.1 Å². The molecule has 0 radical (unpaired) electrons. The van der Waals surface area contributed by atoms with Gasteiger partial charge in [0, 0.05) is 18.1 Å². The number of H-pyrrole nitrogens is 1. The van der Waals surface area contributed by atoms with Crippen LogP contribution in [0.3, 0.4) is 0 Å². The number of nitrogens with one attached hydrogen (secondary N) is 1. The predicted octanol–water partition coefficient (Wildman–Crippen LogP) is 3.13. The first-order chi connectivity index (χ1) is 14.7. The molecule has 0 unspecified atom stereocenters. The Labute approximate surface area is 173 Å². The minimum Gasteiger partial charge on any atom is -0.303 e. The fourth-order valence-corrected chi connectivity index (χ4v) is 4.17. The van der Waals surface area contributed by atoms with E-state index < -0.39 is 0 Å². The van der Waals surface area contributed by atoms with Crippen molar-refractivity contribution in [3.63, 3.8) is 0 Å². The van der Waals surface area contributed by atoms with Crippen LogP contribution in [0, 0.1) is 0 Å². The number of hydrogen-bond donors (Lipinski definition) is 1. The smallest absolute Gasteiger partial charge is 0.303 e. The van der Waals surface area contributed by atoms with Crippen molar-refractivity contribution in [2.45, 2.75) is 45.1 Å². The van der Waals surface area contributed by atoms with Crippen LogP contribution in [0.2, 0.25) is 0 Å². The maximum atomic E-state index is 12.8. The molecule has 0 aliphatic heterocycles. The number of aromatic amines is 1. The fraction of sp³-hybridized carbons (Fsp3) is 0.318. The van der Waals surface area contributed by atoms with Crippen LogP contribution in [0.15, 0.2) is 54.0 Å². The van der Waals surface area contributed by atoms with Gasteiger partial charge in [-0.05, 0) is 50.7 Å². The topological polar surface area (TPSA) is 94.3 Å². The van der Waals surface area contributed by atoms with Crippen molar-refractivity contribution in [1.82, 2.24) is 34.1 Å². The highest BCUT2D eigenvalue weighted by Gasteiger charge is 2.26. The first kappa shape index (κ1) is 18.5. The summed E-state index contributed by atoms with van der Waals surface area (Å²) in [5.41, 5.74) is 4.21. The average molecular weight is 401 g/mol. The Morgan fingerprint density at radius 2 is 2.23 bits per heavy atom. The van der Waals surface area contributed by atoms with Gasteiger partial charge in [0.05, 0.1) is 17.9 Å². The first-order valence-electron chi connectivity index (χ1n) is 10.3. The monoisotopic (exact) mass is 401 g/mol. The zero-order valence-corrected chi connectivity index (χ0v) is 16.8. The molecule has 1 aliphatic carbocycles. The van der Waals surface area contributed by atoms with Crippen molar-refractivity contribution in [3.8, 4) is 5.95 Å². The lowest BCUT2D eigenvalue weighted by atomic mass is 9.91. The van der Waals surface area contributed by atoms with E-state index in [2.05, 4.69) is 32.1 Å². The van der Waals surface area contributed by atoms with Crippen molar-refractivity contribution < 1.29 is 0 Å². The molecule has 4 aromatic heterocycles. The zero-order valence-electron chi connectivity index (χ0n) is 16.8. The van der Waals surface area contributed by atoms with E-state index in [1.807, 2.05) is 36.0 Å². The van der Waals surface area contributed by atoms with Crippen LogP contribution < -0.4 is 5.69 Å². The second-order valence-electron chi connectivity index (χ2n) is 7.53. The number of aryl methyl sites for hydroxylation is 2. The average Bonchev–Trinajstić information content (AvgIpc) is 3.37. The number of imidazole rings is 2. The Morgan fingerprint density at radius 3 is 3.13 bits per heavy atom. The Morgan fingerprint density at radius 1 is 1.30 bits per heavy atom. The molecule has 8 nitrogen and oxygen atoms in total. The van der Waals surface area contributed by atoms with Crippen LogP contribution in [0.1, 0.15) is 49.2 Å². The summed E-state index contributed by atoms with van der Waals surface area (Å²) < 4.78 is 3.56. The Balaban J connectivity index is 1.56. The molecule has 4 aromatic rings. The summed E-state index contributed by atoms with van der Waals surface area (Å²) in [6.07, 6.45) is 15.9. The van der Waals surface area contributed by atoms with E-state index in [-0.39, 0.29) is 11.7 Å². The first-order valence-corrected chi connectivity index (χ1v) is 10.3. The van der Waals surface area contributed by atoms with Crippen LogP contribution in [0.25, 0.3) is 17.1 Å². The normalized spacial score (nSPS) is 16.4. The Hall–Kier alpha value is -3.55. The number of allylic oxidation sites excluding steroid dienone is 2. The van der Waals surface area contributed by atoms with E-state index >= 15 is 0 Å². The van der Waals surface area contributed by atoms with Crippen LogP contribution in [-0.4, -0.2) is 34.1 Å².